The standard InChI is InChI=1S/C18H21BrN2O2S2.CO2/c1-10-6-7-11(19)8-12(10)13-16(2,3)9-18-15(23)20(5)17(4,25(18)24)14(22)21(13)18;2-1-3/h6-8,13H,9H2,1-5H3;/t13-,17?,18?,25?;/m0./s1. The van der Waals surface area contributed by atoms with Crippen molar-refractivity contribution in [1.29, 1.82) is 0 Å². The van der Waals surface area contributed by atoms with Crippen molar-refractivity contribution in [2.24, 2.45) is 5.41 Å². The van der Waals surface area contributed by atoms with Crippen LogP contribution in [0.4, 0.5) is 0 Å². The minimum Gasteiger partial charge on any atom is -0.320 e. The summed E-state index contributed by atoms with van der Waals surface area (Å²) in [5.74, 6) is 0.0130. The molecule has 0 radical (unpaired) electrons. The van der Waals surface area contributed by atoms with Crippen LogP contribution in [0.25, 0.3) is 0 Å². The summed E-state index contributed by atoms with van der Waals surface area (Å²) < 4.78 is 0.980. The maximum atomic E-state index is 13.5. The van der Waals surface area contributed by atoms with Crippen molar-refractivity contribution < 1.29 is 19.2 Å². The molecule has 6 nitrogen and oxygen atoms in total. The summed E-state index contributed by atoms with van der Waals surface area (Å²) in [4.78, 5) is 44.6. The second-order valence-electron chi connectivity index (χ2n) is 8.23. The average Bonchev–Trinajstić information content (AvgIpc) is 3.02. The SMILES string of the molecule is Cc1ccc(Br)cc1[C@@H]1N2C(=O)C3(C)N(C)C(=O)C2(CC1(C)C)S3=S.O=C=O. The van der Waals surface area contributed by atoms with Gasteiger partial charge in [-0.05, 0) is 60.1 Å². The van der Waals surface area contributed by atoms with E-state index < -0.39 is 19.2 Å². The first-order valence-corrected chi connectivity index (χ1v) is 11.6. The van der Waals surface area contributed by atoms with Gasteiger partial charge in [-0.2, -0.15) is 9.59 Å². The Balaban J connectivity index is 0.000000706. The van der Waals surface area contributed by atoms with Crippen molar-refractivity contribution in [1.82, 2.24) is 9.80 Å². The van der Waals surface area contributed by atoms with Crippen LogP contribution in [0.1, 0.15) is 44.4 Å². The van der Waals surface area contributed by atoms with Crippen LogP contribution in [0.15, 0.2) is 22.7 Å². The van der Waals surface area contributed by atoms with Crippen LogP contribution in [0.5, 0.6) is 0 Å². The number of piperazine rings is 1. The zero-order valence-electron chi connectivity index (χ0n) is 16.2. The summed E-state index contributed by atoms with van der Waals surface area (Å²) in [5.41, 5.74) is 2.00. The fraction of sp³-hybridized carbons (Fsp3) is 0.526. The molecule has 3 heterocycles. The fourth-order valence-corrected chi connectivity index (χ4v) is 8.84. The second-order valence-corrected chi connectivity index (χ2v) is 12.2. The van der Waals surface area contributed by atoms with Crippen molar-refractivity contribution in [3.05, 3.63) is 33.8 Å². The number of amides is 2. The van der Waals surface area contributed by atoms with Gasteiger partial charge in [0, 0.05) is 11.5 Å². The highest BCUT2D eigenvalue weighted by molar-refractivity contribution is 9.10. The van der Waals surface area contributed by atoms with Gasteiger partial charge >= 0.3 is 6.15 Å². The van der Waals surface area contributed by atoms with Crippen LogP contribution < -0.4 is 0 Å². The van der Waals surface area contributed by atoms with Crippen LogP contribution in [-0.2, 0) is 39.8 Å². The van der Waals surface area contributed by atoms with E-state index in [0.29, 0.717) is 6.42 Å². The van der Waals surface area contributed by atoms with E-state index in [9.17, 15) is 9.59 Å². The summed E-state index contributed by atoms with van der Waals surface area (Å²) >= 11 is 9.40. The molecule has 1 aromatic rings. The first-order valence-electron chi connectivity index (χ1n) is 8.70. The van der Waals surface area contributed by atoms with Gasteiger partial charge in [0.25, 0.3) is 11.8 Å². The molecule has 3 aliphatic heterocycles. The van der Waals surface area contributed by atoms with Crippen LogP contribution in [0, 0.1) is 12.3 Å². The summed E-state index contributed by atoms with van der Waals surface area (Å²) in [5, 5.41) is 0. The minimum atomic E-state index is -0.888. The number of nitrogens with zero attached hydrogens (tertiary/aromatic N) is 2. The fourth-order valence-electron chi connectivity index (χ4n) is 4.87. The second kappa shape index (κ2) is 6.55. The molecule has 1 spiro atoms. The Kier molecular flexibility index (Phi) is 4.99. The molecule has 0 saturated carbocycles. The number of halogens is 1. The van der Waals surface area contributed by atoms with Crippen molar-refractivity contribution in [2.75, 3.05) is 7.05 Å². The average molecular weight is 485 g/mol. The van der Waals surface area contributed by atoms with E-state index in [1.165, 1.54) is 0 Å². The molecule has 3 unspecified atom stereocenters. The quantitative estimate of drug-likeness (QED) is 0.611. The molecule has 9 heteroatoms. The lowest BCUT2D eigenvalue weighted by molar-refractivity contribution is -0.191. The highest BCUT2D eigenvalue weighted by atomic mass is 79.9. The lowest BCUT2D eigenvalue weighted by atomic mass is 9.79. The van der Waals surface area contributed by atoms with E-state index >= 15 is 0 Å². The summed E-state index contributed by atoms with van der Waals surface area (Å²) in [6, 6.07) is 6.00. The third-order valence-corrected chi connectivity index (χ3v) is 10.8. The molecule has 28 heavy (non-hydrogen) atoms. The molecule has 3 aliphatic rings. The molecule has 2 bridgehead atoms. The van der Waals surface area contributed by atoms with Gasteiger partial charge < -0.3 is 9.80 Å². The van der Waals surface area contributed by atoms with E-state index in [1.807, 2.05) is 17.9 Å². The maximum Gasteiger partial charge on any atom is 0.373 e. The van der Waals surface area contributed by atoms with Gasteiger partial charge in [-0.15, -0.1) is 0 Å². The molecule has 3 saturated heterocycles. The topological polar surface area (TPSA) is 74.8 Å². The van der Waals surface area contributed by atoms with Crippen LogP contribution in [0.2, 0.25) is 0 Å². The van der Waals surface area contributed by atoms with E-state index in [0.717, 1.165) is 15.6 Å². The van der Waals surface area contributed by atoms with E-state index in [-0.39, 0.29) is 29.4 Å². The van der Waals surface area contributed by atoms with Gasteiger partial charge in [-0.3, -0.25) is 9.59 Å². The monoisotopic (exact) mass is 484 g/mol. The molecule has 0 aliphatic carbocycles. The molecular formula is C19H21BrN2O4S2. The van der Waals surface area contributed by atoms with Crippen molar-refractivity contribution in [3.63, 3.8) is 0 Å². The Hall–Kier alpha value is -1.41. The van der Waals surface area contributed by atoms with Gasteiger partial charge in [0.1, 0.15) is 0 Å². The van der Waals surface area contributed by atoms with Crippen molar-refractivity contribution >= 4 is 54.5 Å². The maximum absolute atomic E-state index is 13.5. The summed E-state index contributed by atoms with van der Waals surface area (Å²) in [6.07, 6.45) is 0.869. The Morgan fingerprint density at radius 1 is 1.21 bits per heavy atom. The Bertz CT molecular complexity index is 959. The van der Waals surface area contributed by atoms with Crippen LogP contribution in [0.3, 0.4) is 0 Å². The normalized spacial score (nSPS) is 34.8. The van der Waals surface area contributed by atoms with Gasteiger partial charge in [0.05, 0.1) is 6.04 Å². The molecule has 4 rings (SSSR count). The number of carbonyl (C=O) groups excluding carboxylic acids is 4. The largest absolute Gasteiger partial charge is 0.373 e. The molecular weight excluding hydrogens is 464 g/mol. The predicted molar refractivity (Wildman–Crippen MR) is 111 cm³/mol. The lowest BCUT2D eigenvalue weighted by Gasteiger charge is -2.40. The molecule has 150 valence electrons. The molecule has 1 aromatic carbocycles. The molecule has 2 amide bonds. The van der Waals surface area contributed by atoms with Gasteiger partial charge in [-0.25, -0.2) is 0 Å². The summed E-state index contributed by atoms with van der Waals surface area (Å²) in [6.45, 7) is 8.20. The predicted octanol–water partition coefficient (Wildman–Crippen LogP) is 2.45. The van der Waals surface area contributed by atoms with Gasteiger partial charge in [0.2, 0.25) is 0 Å². The number of rotatable bonds is 1. The first kappa shape index (κ1) is 21.3. The van der Waals surface area contributed by atoms with Crippen LogP contribution in [-0.4, -0.2) is 44.6 Å². The van der Waals surface area contributed by atoms with E-state index in [4.69, 9.17) is 20.8 Å². The Morgan fingerprint density at radius 2 is 1.79 bits per heavy atom. The van der Waals surface area contributed by atoms with Gasteiger partial charge in [0.15, 0.2) is 9.74 Å². The number of benzene rings is 1. The zero-order valence-corrected chi connectivity index (χ0v) is 19.5. The Labute approximate surface area is 179 Å². The number of carbonyl (C=O) groups is 2. The molecule has 0 N–H and O–H groups in total. The van der Waals surface area contributed by atoms with Crippen molar-refractivity contribution in [3.8, 4) is 0 Å². The highest BCUT2D eigenvalue weighted by Gasteiger charge is 2.79. The van der Waals surface area contributed by atoms with E-state index in [2.05, 4.69) is 48.8 Å². The molecule has 4 atom stereocenters. The number of aryl methyl sites for hydroxylation is 1. The lowest BCUT2D eigenvalue weighted by Crippen LogP contribution is -2.60. The smallest absolute Gasteiger partial charge is 0.320 e. The third-order valence-electron chi connectivity index (χ3n) is 6.18. The van der Waals surface area contributed by atoms with Crippen molar-refractivity contribution in [2.45, 2.75) is 49.9 Å². The van der Waals surface area contributed by atoms with E-state index in [1.54, 1.807) is 11.9 Å². The minimum absolute atomic E-state index is 0.00267. The highest BCUT2D eigenvalue weighted by Crippen LogP contribution is 2.65. The van der Waals surface area contributed by atoms with Crippen LogP contribution >= 0.6 is 15.9 Å². The molecule has 0 aromatic heterocycles. The Morgan fingerprint density at radius 3 is 2.36 bits per heavy atom. The number of likely N-dealkylation sites (N-methyl/N-ethyl adjacent to an activating group) is 1. The zero-order chi connectivity index (χ0) is 21.2. The number of hydrogen-bond acceptors (Lipinski definition) is 5. The van der Waals surface area contributed by atoms with Gasteiger partial charge in [-0.1, -0.05) is 45.3 Å². The molecule has 3 fully saturated rings. The third kappa shape index (κ3) is 2.39. The summed E-state index contributed by atoms with van der Waals surface area (Å²) in [7, 11) is 0.964. The number of fused-ring (bicyclic) bond motifs is 1. The number of hydrogen-bond donors (Lipinski definition) is 0. The first-order chi connectivity index (χ1) is 12.9.